The maximum atomic E-state index is 14.3. The Balaban J connectivity index is 1.14. The molecule has 17 heteroatoms. The van der Waals surface area contributed by atoms with Crippen LogP contribution in [0.15, 0.2) is 24.3 Å². The van der Waals surface area contributed by atoms with E-state index in [0.29, 0.717) is 76.4 Å². The van der Waals surface area contributed by atoms with Gasteiger partial charge in [-0.15, -0.1) is 11.3 Å². The number of rotatable bonds is 9. The number of thiophene rings is 1. The normalized spacial score (nSPS) is 25.5. The Morgan fingerprint density at radius 1 is 1.08 bits per heavy atom. The van der Waals surface area contributed by atoms with Crippen LogP contribution in [-0.4, -0.2) is 118 Å². The Labute approximate surface area is 286 Å². The number of fused-ring (bicyclic) bond motifs is 2. The van der Waals surface area contributed by atoms with Gasteiger partial charge in [0.1, 0.15) is 6.04 Å². The van der Waals surface area contributed by atoms with Gasteiger partial charge in [0.2, 0.25) is 17.7 Å². The number of morpholine rings is 1. The first-order chi connectivity index (χ1) is 23.3. The van der Waals surface area contributed by atoms with Crippen molar-refractivity contribution in [2.24, 2.45) is 5.92 Å². The number of carbonyl (C=O) groups is 4. The molecule has 49 heavy (non-hydrogen) atoms. The van der Waals surface area contributed by atoms with E-state index in [4.69, 9.17) is 19.3 Å². The van der Waals surface area contributed by atoms with Crippen LogP contribution in [0.2, 0.25) is 0 Å². The van der Waals surface area contributed by atoms with Gasteiger partial charge in [0, 0.05) is 68.0 Å². The molecular formula is C32H41F2N4O9PS. The second-order valence-corrected chi connectivity index (χ2v) is 15.9. The van der Waals surface area contributed by atoms with Crippen LogP contribution in [0.25, 0.3) is 10.1 Å². The van der Waals surface area contributed by atoms with Gasteiger partial charge < -0.3 is 39.3 Å². The van der Waals surface area contributed by atoms with E-state index in [2.05, 4.69) is 5.32 Å². The molecule has 2 aromatic rings. The summed E-state index contributed by atoms with van der Waals surface area (Å²) in [4.78, 5) is 77.5. The van der Waals surface area contributed by atoms with E-state index in [0.717, 1.165) is 23.5 Å². The molecule has 4 saturated heterocycles. The summed E-state index contributed by atoms with van der Waals surface area (Å²) in [6.45, 7) is 5.09. The molecule has 4 amide bonds. The zero-order chi connectivity index (χ0) is 35.1. The van der Waals surface area contributed by atoms with Crippen molar-refractivity contribution in [2.45, 2.75) is 75.3 Å². The Hall–Kier alpha value is -3.01. The molecule has 0 spiro atoms. The van der Waals surface area contributed by atoms with E-state index in [1.165, 1.54) is 12.1 Å². The number of amides is 4. The van der Waals surface area contributed by atoms with Crippen molar-refractivity contribution in [3.8, 4) is 0 Å². The summed E-state index contributed by atoms with van der Waals surface area (Å²) in [6.07, 6.45) is 2.73. The number of halogens is 2. The molecule has 1 aromatic carbocycles. The maximum absolute atomic E-state index is 14.3. The summed E-state index contributed by atoms with van der Waals surface area (Å²) in [5.74, 6) is -1.23. The molecule has 1 aromatic heterocycles. The Morgan fingerprint density at radius 3 is 2.49 bits per heavy atom. The van der Waals surface area contributed by atoms with Crippen molar-refractivity contribution in [3.63, 3.8) is 0 Å². The van der Waals surface area contributed by atoms with Crippen molar-refractivity contribution in [1.29, 1.82) is 0 Å². The minimum absolute atomic E-state index is 0.0350. The topological polar surface area (TPSA) is 166 Å². The van der Waals surface area contributed by atoms with Gasteiger partial charge in [-0.25, -0.2) is 0 Å². The fourth-order valence-corrected chi connectivity index (χ4v) is 8.72. The highest BCUT2D eigenvalue weighted by Gasteiger charge is 2.50. The van der Waals surface area contributed by atoms with Crippen LogP contribution in [0.4, 0.5) is 8.78 Å². The summed E-state index contributed by atoms with van der Waals surface area (Å²) in [5.41, 5.74) is -5.27. The van der Waals surface area contributed by atoms with Gasteiger partial charge in [0.15, 0.2) is 0 Å². The Morgan fingerprint density at radius 2 is 1.80 bits per heavy atom. The van der Waals surface area contributed by atoms with E-state index in [1.54, 1.807) is 14.7 Å². The Bertz CT molecular complexity index is 1640. The number of nitrogens with one attached hydrogen (secondary N) is 1. The first kappa shape index (κ1) is 35.8. The number of ether oxygens (including phenoxy) is 2. The predicted molar refractivity (Wildman–Crippen MR) is 174 cm³/mol. The van der Waals surface area contributed by atoms with Gasteiger partial charge in [-0.2, -0.15) is 8.78 Å². The SMILES string of the molecule is CCO[C@H]1CC[C@H]2CC[C@@H](CC(=O)N3CC(C(=O)N4CCOCC4)C3)N2C(=O)C(NC(=O)c2cc3cc(C(F)(F)P(=O)(O)O)ccc3s2)C1. The summed E-state index contributed by atoms with van der Waals surface area (Å²) < 4.78 is 51.8. The van der Waals surface area contributed by atoms with Crippen molar-refractivity contribution >= 4 is 52.6 Å². The molecule has 0 radical (unpaired) electrons. The second kappa shape index (κ2) is 14.3. The highest BCUT2D eigenvalue weighted by molar-refractivity contribution is 7.52. The lowest BCUT2D eigenvalue weighted by molar-refractivity contribution is -0.151. The predicted octanol–water partition coefficient (Wildman–Crippen LogP) is 2.88. The first-order valence-corrected chi connectivity index (χ1v) is 19.1. The lowest BCUT2D eigenvalue weighted by atomic mass is 9.95. The smallest absolute Gasteiger partial charge is 0.378 e. The number of likely N-dealkylation sites (tertiary alicyclic amines) is 1. The average molecular weight is 727 g/mol. The van der Waals surface area contributed by atoms with E-state index >= 15 is 0 Å². The van der Waals surface area contributed by atoms with Gasteiger partial charge in [-0.3, -0.25) is 23.7 Å². The zero-order valence-electron chi connectivity index (χ0n) is 27.1. The number of nitrogens with zero attached hydrogens (tertiary/aromatic N) is 3. The Kier molecular flexibility index (Phi) is 10.5. The molecule has 4 atom stereocenters. The molecule has 0 saturated carbocycles. The monoisotopic (exact) mass is 726 g/mol. The summed E-state index contributed by atoms with van der Waals surface area (Å²) >= 11 is 1.00. The molecule has 1 unspecified atom stereocenters. The number of alkyl halides is 2. The van der Waals surface area contributed by atoms with E-state index in [9.17, 15) is 32.5 Å². The largest absolute Gasteiger partial charge is 0.399 e. The minimum atomic E-state index is -5.78. The third-order valence-electron chi connectivity index (χ3n) is 9.97. The highest BCUT2D eigenvalue weighted by Crippen LogP contribution is 2.59. The van der Waals surface area contributed by atoms with Crippen molar-refractivity contribution in [1.82, 2.24) is 20.0 Å². The molecule has 0 aliphatic carbocycles. The van der Waals surface area contributed by atoms with Crippen LogP contribution in [0.5, 0.6) is 0 Å². The van der Waals surface area contributed by atoms with Crippen molar-refractivity contribution < 1.29 is 51.8 Å². The fourth-order valence-electron chi connectivity index (χ4n) is 7.30. The van der Waals surface area contributed by atoms with Crippen LogP contribution >= 0.6 is 18.9 Å². The molecule has 268 valence electrons. The molecule has 13 nitrogen and oxygen atoms in total. The van der Waals surface area contributed by atoms with Crippen LogP contribution in [-0.2, 0) is 34.1 Å². The third kappa shape index (κ3) is 7.40. The number of hydrogen-bond donors (Lipinski definition) is 3. The number of carbonyl (C=O) groups excluding carboxylic acids is 4. The van der Waals surface area contributed by atoms with Crippen LogP contribution in [0.3, 0.4) is 0 Å². The lowest BCUT2D eigenvalue weighted by Crippen LogP contribution is -2.59. The highest BCUT2D eigenvalue weighted by atomic mass is 32.1. The third-order valence-corrected chi connectivity index (χ3v) is 12.1. The van der Waals surface area contributed by atoms with E-state index in [1.807, 2.05) is 6.92 Å². The summed E-state index contributed by atoms with van der Waals surface area (Å²) in [5, 5.41) is 3.04. The number of hydrogen-bond acceptors (Lipinski definition) is 8. The minimum Gasteiger partial charge on any atom is -0.378 e. The van der Waals surface area contributed by atoms with Gasteiger partial charge in [0.05, 0.1) is 30.1 Å². The molecular weight excluding hydrogens is 685 g/mol. The molecule has 4 aliphatic heterocycles. The summed E-state index contributed by atoms with van der Waals surface area (Å²) in [6, 6.07) is 3.04. The maximum Gasteiger partial charge on any atom is 0.399 e. The van der Waals surface area contributed by atoms with Crippen LogP contribution in [0, 0.1) is 5.92 Å². The summed E-state index contributed by atoms with van der Waals surface area (Å²) in [7, 11) is -5.78. The van der Waals surface area contributed by atoms with E-state index < -0.39 is 30.8 Å². The molecule has 4 fully saturated rings. The number of benzene rings is 1. The van der Waals surface area contributed by atoms with Crippen LogP contribution < -0.4 is 5.32 Å². The van der Waals surface area contributed by atoms with Crippen molar-refractivity contribution in [2.75, 3.05) is 46.0 Å². The molecule has 3 N–H and O–H groups in total. The van der Waals surface area contributed by atoms with Gasteiger partial charge in [-0.05, 0) is 56.2 Å². The molecule has 6 rings (SSSR count). The van der Waals surface area contributed by atoms with E-state index in [-0.39, 0.29) is 64.9 Å². The zero-order valence-corrected chi connectivity index (χ0v) is 28.8. The second-order valence-electron chi connectivity index (χ2n) is 13.1. The fraction of sp³-hybridized carbons (Fsp3) is 0.625. The van der Waals surface area contributed by atoms with Crippen molar-refractivity contribution in [3.05, 3.63) is 34.7 Å². The van der Waals surface area contributed by atoms with Crippen LogP contribution in [0.1, 0.15) is 60.7 Å². The van der Waals surface area contributed by atoms with Gasteiger partial charge >= 0.3 is 13.3 Å². The average Bonchev–Trinajstić information content (AvgIpc) is 3.65. The quantitative estimate of drug-likeness (QED) is 0.330. The standard InChI is InChI=1S/C32H41F2N4O9PS/c1-2-47-24-7-6-22-4-5-23(15-28(39)37-17-20(18-37)30(41)36-9-11-46-12-10-36)38(22)31(42)25(16-24)35-29(40)27-14-19-13-21(3-8-26(19)49-27)32(33,34)48(43,44)45/h3,8,13-14,20,22-25H,2,4-7,9-12,15-18H2,1H3,(H,35,40)(H2,43,44,45)/t22-,23+,24+,25?/m1/s1. The molecule has 5 heterocycles. The van der Waals surface area contributed by atoms with Gasteiger partial charge in [0.25, 0.3) is 5.91 Å². The molecule has 0 bridgehead atoms. The lowest BCUT2D eigenvalue weighted by Gasteiger charge is -2.42. The first-order valence-electron chi connectivity index (χ1n) is 16.6. The van der Waals surface area contributed by atoms with Gasteiger partial charge in [-0.1, -0.05) is 6.07 Å². The molecule has 4 aliphatic rings.